The van der Waals surface area contributed by atoms with Gasteiger partial charge in [-0.15, -0.1) is 0 Å². The summed E-state index contributed by atoms with van der Waals surface area (Å²) < 4.78 is 0. The van der Waals surface area contributed by atoms with Crippen molar-refractivity contribution in [2.75, 3.05) is 10.6 Å². The molecule has 4 nitrogen and oxygen atoms in total. The molecule has 1 aliphatic carbocycles. The van der Waals surface area contributed by atoms with Crippen molar-refractivity contribution in [3.05, 3.63) is 117 Å². The van der Waals surface area contributed by atoms with Crippen molar-refractivity contribution in [3.8, 4) is 0 Å². The Morgan fingerprint density at radius 2 is 0.882 bits per heavy atom. The normalized spacial score (nSPS) is 12.2. The van der Waals surface area contributed by atoms with Crippen LogP contribution in [0.4, 0.5) is 22.7 Å². The highest BCUT2D eigenvalue weighted by Crippen LogP contribution is 2.39. The van der Waals surface area contributed by atoms with Crippen LogP contribution in [0.3, 0.4) is 0 Å². The van der Waals surface area contributed by atoms with E-state index in [-0.39, 0.29) is 11.6 Å². The third-order valence-corrected chi connectivity index (χ3v) is 6.82. The third-order valence-electron chi connectivity index (χ3n) is 6.82. The maximum absolute atomic E-state index is 13.7. The Morgan fingerprint density at radius 1 is 0.471 bits per heavy atom. The summed E-state index contributed by atoms with van der Waals surface area (Å²) in [5.41, 5.74) is 9.27. The second-order valence-electron chi connectivity index (χ2n) is 8.86. The van der Waals surface area contributed by atoms with Gasteiger partial charge in [-0.25, -0.2) is 0 Å². The summed E-state index contributed by atoms with van der Waals surface area (Å²) in [7, 11) is 0. The van der Waals surface area contributed by atoms with Crippen LogP contribution in [-0.2, 0) is 0 Å². The average molecular weight is 447 g/mol. The molecular formula is C30H26N2O2. The van der Waals surface area contributed by atoms with E-state index >= 15 is 0 Å². The largest absolute Gasteiger partial charge is 0.355 e. The molecule has 0 radical (unpaired) electrons. The molecule has 34 heavy (non-hydrogen) atoms. The second kappa shape index (κ2) is 8.31. The van der Waals surface area contributed by atoms with Crippen molar-refractivity contribution < 1.29 is 9.59 Å². The molecule has 1 aliphatic rings. The van der Waals surface area contributed by atoms with Gasteiger partial charge in [0.1, 0.15) is 0 Å². The molecule has 0 spiro atoms. The van der Waals surface area contributed by atoms with E-state index in [4.69, 9.17) is 0 Å². The molecule has 168 valence electrons. The molecule has 4 heteroatoms. The molecule has 0 atom stereocenters. The first-order chi connectivity index (χ1) is 16.4. The van der Waals surface area contributed by atoms with Gasteiger partial charge in [0.15, 0.2) is 11.6 Å². The molecule has 0 unspecified atom stereocenters. The van der Waals surface area contributed by atoms with Crippen LogP contribution in [0, 0.1) is 27.7 Å². The fraction of sp³-hybridized carbons (Fsp3) is 0.133. The van der Waals surface area contributed by atoms with Crippen LogP contribution < -0.4 is 10.6 Å². The number of benzene rings is 4. The molecule has 0 heterocycles. The monoisotopic (exact) mass is 446 g/mol. The minimum Gasteiger partial charge on any atom is -0.355 e. The van der Waals surface area contributed by atoms with Crippen molar-refractivity contribution in [1.82, 2.24) is 0 Å². The zero-order chi connectivity index (χ0) is 24.0. The van der Waals surface area contributed by atoms with Crippen LogP contribution in [-0.4, -0.2) is 11.6 Å². The van der Waals surface area contributed by atoms with Crippen LogP contribution in [0.5, 0.6) is 0 Å². The molecule has 0 aromatic heterocycles. The Kier molecular flexibility index (Phi) is 5.29. The summed E-state index contributed by atoms with van der Waals surface area (Å²) in [4.78, 5) is 27.4. The van der Waals surface area contributed by atoms with E-state index in [0.29, 0.717) is 33.6 Å². The van der Waals surface area contributed by atoms with Crippen molar-refractivity contribution in [2.24, 2.45) is 0 Å². The molecule has 0 bridgehead atoms. The van der Waals surface area contributed by atoms with Crippen molar-refractivity contribution in [1.29, 1.82) is 0 Å². The van der Waals surface area contributed by atoms with E-state index in [1.807, 2.05) is 50.2 Å². The number of fused-ring (bicyclic) bond motifs is 2. The molecular weight excluding hydrogens is 420 g/mol. The minimum absolute atomic E-state index is 0.150. The Bertz CT molecular complexity index is 1370. The number of hydrogen-bond donors (Lipinski definition) is 2. The Labute approximate surface area is 199 Å². The van der Waals surface area contributed by atoms with E-state index in [1.165, 1.54) is 0 Å². The number of anilines is 4. The van der Waals surface area contributed by atoms with Crippen LogP contribution >= 0.6 is 0 Å². The van der Waals surface area contributed by atoms with Gasteiger partial charge in [-0.05, 0) is 74.2 Å². The minimum atomic E-state index is -0.150. The highest BCUT2D eigenvalue weighted by molar-refractivity contribution is 6.32. The van der Waals surface area contributed by atoms with Crippen LogP contribution in [0.25, 0.3) is 0 Å². The fourth-order valence-electron chi connectivity index (χ4n) is 4.49. The van der Waals surface area contributed by atoms with Crippen molar-refractivity contribution in [2.45, 2.75) is 27.7 Å². The first-order valence-electron chi connectivity index (χ1n) is 11.4. The lowest BCUT2D eigenvalue weighted by Gasteiger charge is -2.25. The summed E-state index contributed by atoms with van der Waals surface area (Å²) in [6.45, 7) is 8.20. The molecule has 0 fully saturated rings. The Morgan fingerprint density at radius 3 is 1.29 bits per heavy atom. The van der Waals surface area contributed by atoms with Crippen molar-refractivity contribution >= 4 is 34.3 Å². The van der Waals surface area contributed by atoms with Gasteiger partial charge in [0.2, 0.25) is 0 Å². The number of carbonyl (C=O) groups is 2. The van der Waals surface area contributed by atoms with Crippen molar-refractivity contribution in [3.63, 3.8) is 0 Å². The zero-order valence-electron chi connectivity index (χ0n) is 19.7. The van der Waals surface area contributed by atoms with Gasteiger partial charge in [0.05, 0.1) is 22.5 Å². The first kappa shape index (κ1) is 21.7. The van der Waals surface area contributed by atoms with E-state index in [9.17, 15) is 9.59 Å². The Hall–Kier alpha value is -4.18. The van der Waals surface area contributed by atoms with Gasteiger partial charge in [0.25, 0.3) is 0 Å². The van der Waals surface area contributed by atoms with E-state index in [0.717, 1.165) is 33.6 Å². The fourth-order valence-corrected chi connectivity index (χ4v) is 4.49. The van der Waals surface area contributed by atoms with Gasteiger partial charge in [-0.2, -0.15) is 0 Å². The predicted octanol–water partition coefficient (Wildman–Crippen LogP) is 7.18. The van der Waals surface area contributed by atoms with E-state index in [2.05, 4.69) is 36.6 Å². The summed E-state index contributed by atoms with van der Waals surface area (Å²) in [6.07, 6.45) is 0. The average Bonchev–Trinajstić information content (AvgIpc) is 2.84. The molecule has 0 saturated heterocycles. The summed E-state index contributed by atoms with van der Waals surface area (Å²) in [5.74, 6) is -0.301. The van der Waals surface area contributed by atoms with Crippen LogP contribution in [0.2, 0.25) is 0 Å². The van der Waals surface area contributed by atoms with Gasteiger partial charge in [0, 0.05) is 22.5 Å². The second-order valence-corrected chi connectivity index (χ2v) is 8.86. The SMILES string of the molecule is Cc1cccc(Nc2ccc(Nc3cccc(C)c3C)c3c2C(=O)c2ccccc2C3=O)c1C. The Balaban J connectivity index is 1.70. The molecule has 4 aromatic rings. The maximum atomic E-state index is 13.7. The van der Waals surface area contributed by atoms with Gasteiger partial charge in [-0.3, -0.25) is 9.59 Å². The number of hydrogen-bond acceptors (Lipinski definition) is 4. The predicted molar refractivity (Wildman–Crippen MR) is 138 cm³/mol. The lowest BCUT2D eigenvalue weighted by Crippen LogP contribution is -2.23. The number of carbonyl (C=O) groups excluding carboxylic acids is 2. The molecule has 0 saturated carbocycles. The van der Waals surface area contributed by atoms with Crippen LogP contribution in [0.15, 0.2) is 72.8 Å². The van der Waals surface area contributed by atoms with E-state index < -0.39 is 0 Å². The number of aryl methyl sites for hydroxylation is 2. The number of nitrogens with one attached hydrogen (secondary N) is 2. The molecule has 2 N–H and O–H groups in total. The van der Waals surface area contributed by atoms with Crippen LogP contribution in [0.1, 0.15) is 54.1 Å². The third kappa shape index (κ3) is 3.48. The highest BCUT2D eigenvalue weighted by Gasteiger charge is 2.34. The first-order valence-corrected chi connectivity index (χ1v) is 11.4. The summed E-state index contributed by atoms with van der Waals surface area (Å²) in [5, 5.41) is 6.87. The van der Waals surface area contributed by atoms with E-state index in [1.54, 1.807) is 24.3 Å². The molecule has 0 aliphatic heterocycles. The molecule has 0 amide bonds. The smallest absolute Gasteiger partial charge is 0.196 e. The highest BCUT2D eigenvalue weighted by atomic mass is 16.1. The van der Waals surface area contributed by atoms with Gasteiger partial charge >= 0.3 is 0 Å². The van der Waals surface area contributed by atoms with Gasteiger partial charge < -0.3 is 10.6 Å². The number of rotatable bonds is 4. The topological polar surface area (TPSA) is 58.2 Å². The molecule has 4 aromatic carbocycles. The lowest BCUT2D eigenvalue weighted by molar-refractivity contribution is 0.0980. The lowest BCUT2D eigenvalue weighted by atomic mass is 9.82. The standard InChI is InChI=1S/C30H26N2O2/c1-17-9-7-13-23(19(17)3)31-25-15-16-26(32-24-14-8-10-18(2)20(24)4)28-27(25)29(33)21-11-5-6-12-22(21)30(28)34/h5-16,31-32H,1-4H3. The maximum Gasteiger partial charge on any atom is 0.196 e. The summed E-state index contributed by atoms with van der Waals surface area (Å²) in [6, 6.07) is 22.9. The number of ketones is 2. The van der Waals surface area contributed by atoms with Gasteiger partial charge in [-0.1, -0.05) is 48.5 Å². The molecule has 5 rings (SSSR count). The zero-order valence-corrected chi connectivity index (χ0v) is 19.7. The summed E-state index contributed by atoms with van der Waals surface area (Å²) >= 11 is 0. The quantitative estimate of drug-likeness (QED) is 0.307.